The molecule has 0 aromatic heterocycles. The topological polar surface area (TPSA) is 21.3 Å². The Morgan fingerprint density at radius 3 is 2.72 bits per heavy atom. The molecule has 1 aliphatic carbocycles. The summed E-state index contributed by atoms with van der Waals surface area (Å²) in [6.07, 6.45) is 7.44. The molecule has 2 rings (SSSR count). The molecule has 18 heavy (non-hydrogen) atoms. The fraction of sp³-hybridized carbons (Fsp3) is 0.467. The van der Waals surface area contributed by atoms with Gasteiger partial charge in [-0.15, -0.1) is 0 Å². The van der Waals surface area contributed by atoms with E-state index >= 15 is 0 Å². The molecule has 1 N–H and O–H groups in total. The summed E-state index contributed by atoms with van der Waals surface area (Å²) in [5, 5.41) is 3.42. The first kappa shape index (κ1) is 13.6. The maximum Gasteiger partial charge on any atom is 0.133 e. The van der Waals surface area contributed by atoms with Crippen LogP contribution in [0.5, 0.6) is 5.75 Å². The molecule has 0 bridgehead atoms. The quantitative estimate of drug-likeness (QED) is 0.841. The lowest BCUT2D eigenvalue weighted by Gasteiger charge is -2.23. The fourth-order valence-electron chi connectivity index (χ4n) is 2.55. The summed E-state index contributed by atoms with van der Waals surface area (Å²) < 4.78 is 6.29. The number of allylic oxidation sites excluding steroid dienone is 1. The van der Waals surface area contributed by atoms with Crippen LogP contribution in [0.25, 0.3) is 0 Å². The summed E-state index contributed by atoms with van der Waals surface area (Å²) in [6, 6.07) is 6.63. The van der Waals surface area contributed by atoms with Crippen molar-refractivity contribution >= 4 is 15.9 Å². The van der Waals surface area contributed by atoms with Gasteiger partial charge < -0.3 is 10.1 Å². The van der Waals surface area contributed by atoms with Crippen LogP contribution in [0.4, 0.5) is 0 Å². The largest absolute Gasteiger partial charge is 0.496 e. The van der Waals surface area contributed by atoms with E-state index in [2.05, 4.69) is 39.5 Å². The Hall–Kier alpha value is -0.800. The Kier molecular flexibility index (Phi) is 4.84. The van der Waals surface area contributed by atoms with Crippen LogP contribution in [-0.4, -0.2) is 14.2 Å². The van der Waals surface area contributed by atoms with Crippen molar-refractivity contribution in [2.75, 3.05) is 14.2 Å². The molecule has 0 amide bonds. The average Bonchev–Trinajstić information content (AvgIpc) is 2.41. The van der Waals surface area contributed by atoms with E-state index in [0.717, 1.165) is 10.2 Å². The number of halogens is 1. The molecular weight excluding hydrogens is 290 g/mol. The predicted molar refractivity (Wildman–Crippen MR) is 79.0 cm³/mol. The number of likely N-dealkylation sites (N-methyl/N-ethyl adjacent to an activating group) is 1. The molecule has 1 unspecified atom stereocenters. The summed E-state index contributed by atoms with van der Waals surface area (Å²) in [6.45, 7) is 0. The van der Waals surface area contributed by atoms with E-state index < -0.39 is 0 Å². The van der Waals surface area contributed by atoms with Crippen LogP contribution in [0, 0.1) is 0 Å². The van der Waals surface area contributed by atoms with E-state index in [4.69, 9.17) is 4.74 Å². The molecule has 0 spiro atoms. The third kappa shape index (κ3) is 2.96. The maximum absolute atomic E-state index is 5.28. The predicted octanol–water partition coefficient (Wildman–Crippen LogP) is 4.22. The summed E-state index contributed by atoms with van der Waals surface area (Å²) >= 11 is 3.56. The number of benzene rings is 1. The lowest BCUT2D eigenvalue weighted by Crippen LogP contribution is -2.19. The molecule has 3 heteroatoms. The van der Waals surface area contributed by atoms with Crippen LogP contribution < -0.4 is 10.1 Å². The second-order valence-electron chi connectivity index (χ2n) is 4.64. The van der Waals surface area contributed by atoms with Gasteiger partial charge in [0.05, 0.1) is 17.6 Å². The highest BCUT2D eigenvalue weighted by Gasteiger charge is 2.17. The number of methoxy groups -OCH3 is 1. The van der Waals surface area contributed by atoms with Crippen LogP contribution >= 0.6 is 15.9 Å². The Labute approximate surface area is 118 Å². The average molecular weight is 310 g/mol. The third-order valence-electron chi connectivity index (χ3n) is 3.49. The van der Waals surface area contributed by atoms with Crippen LogP contribution in [0.15, 0.2) is 34.3 Å². The van der Waals surface area contributed by atoms with E-state index in [-0.39, 0.29) is 0 Å². The fourth-order valence-corrected chi connectivity index (χ4v) is 3.11. The van der Waals surface area contributed by atoms with Crippen LogP contribution in [0.2, 0.25) is 0 Å². The van der Waals surface area contributed by atoms with Crippen molar-refractivity contribution in [2.24, 2.45) is 0 Å². The van der Waals surface area contributed by atoms with Crippen molar-refractivity contribution in [3.05, 3.63) is 39.9 Å². The normalized spacial score (nSPS) is 17.2. The first-order valence-electron chi connectivity index (χ1n) is 6.46. The highest BCUT2D eigenvalue weighted by atomic mass is 79.9. The first-order valence-corrected chi connectivity index (χ1v) is 7.25. The summed E-state index contributed by atoms with van der Waals surface area (Å²) in [4.78, 5) is 0. The van der Waals surface area contributed by atoms with E-state index in [1.165, 1.54) is 36.8 Å². The zero-order valence-electron chi connectivity index (χ0n) is 11.0. The molecule has 1 aromatic rings. The van der Waals surface area contributed by atoms with E-state index in [1.807, 2.05) is 13.1 Å². The maximum atomic E-state index is 5.28. The highest BCUT2D eigenvalue weighted by Crippen LogP contribution is 2.33. The number of ether oxygens (including phenoxy) is 1. The van der Waals surface area contributed by atoms with Crippen molar-refractivity contribution in [3.8, 4) is 5.75 Å². The molecule has 0 saturated heterocycles. The Morgan fingerprint density at radius 2 is 2.17 bits per heavy atom. The van der Waals surface area contributed by atoms with Gasteiger partial charge in [-0.3, -0.25) is 0 Å². The van der Waals surface area contributed by atoms with Crippen molar-refractivity contribution < 1.29 is 4.74 Å². The molecule has 0 radical (unpaired) electrons. The Bertz CT molecular complexity index is 442. The summed E-state index contributed by atoms with van der Waals surface area (Å²) in [5.41, 5.74) is 2.80. The zero-order valence-corrected chi connectivity index (χ0v) is 12.6. The van der Waals surface area contributed by atoms with E-state index in [1.54, 1.807) is 7.11 Å². The molecule has 98 valence electrons. The highest BCUT2D eigenvalue weighted by molar-refractivity contribution is 9.10. The Morgan fingerprint density at radius 1 is 1.33 bits per heavy atom. The minimum absolute atomic E-state index is 0.326. The first-order chi connectivity index (χ1) is 8.76. The molecule has 0 heterocycles. The van der Waals surface area contributed by atoms with Crippen molar-refractivity contribution in [1.29, 1.82) is 0 Å². The van der Waals surface area contributed by atoms with Crippen LogP contribution in [0.3, 0.4) is 0 Å². The van der Waals surface area contributed by atoms with Gasteiger partial charge >= 0.3 is 0 Å². The van der Waals surface area contributed by atoms with Crippen LogP contribution in [0.1, 0.15) is 37.3 Å². The van der Waals surface area contributed by atoms with Crippen molar-refractivity contribution in [2.45, 2.75) is 31.7 Å². The molecule has 1 atom stereocenters. The van der Waals surface area contributed by atoms with E-state index in [9.17, 15) is 0 Å². The molecule has 0 fully saturated rings. The van der Waals surface area contributed by atoms with Gasteiger partial charge in [0.15, 0.2) is 0 Å². The minimum atomic E-state index is 0.326. The lowest BCUT2D eigenvalue weighted by molar-refractivity contribution is 0.411. The summed E-state index contributed by atoms with van der Waals surface area (Å²) in [5.74, 6) is 0.881. The monoisotopic (exact) mass is 309 g/mol. The van der Waals surface area contributed by atoms with Gasteiger partial charge in [0.1, 0.15) is 5.75 Å². The molecule has 0 aliphatic heterocycles. The SMILES string of the molecule is CNC(C1=CCCCC1)c1ccc(OC)c(Br)c1. The molecule has 2 nitrogen and oxygen atoms in total. The third-order valence-corrected chi connectivity index (χ3v) is 4.11. The van der Waals surface area contributed by atoms with Gasteiger partial charge in [0, 0.05) is 0 Å². The molecule has 0 saturated carbocycles. The van der Waals surface area contributed by atoms with Crippen LogP contribution in [-0.2, 0) is 0 Å². The number of rotatable bonds is 4. The van der Waals surface area contributed by atoms with Crippen molar-refractivity contribution in [3.63, 3.8) is 0 Å². The van der Waals surface area contributed by atoms with Gasteiger partial charge in [-0.25, -0.2) is 0 Å². The zero-order chi connectivity index (χ0) is 13.0. The second-order valence-corrected chi connectivity index (χ2v) is 5.49. The smallest absolute Gasteiger partial charge is 0.133 e. The van der Waals surface area contributed by atoms with Gasteiger partial charge in [0.25, 0.3) is 0 Å². The van der Waals surface area contributed by atoms with Gasteiger partial charge in [0.2, 0.25) is 0 Å². The number of hydrogen-bond donors (Lipinski definition) is 1. The molecule has 1 aliphatic rings. The number of nitrogens with one attached hydrogen (secondary N) is 1. The number of hydrogen-bond acceptors (Lipinski definition) is 2. The second kappa shape index (κ2) is 6.39. The van der Waals surface area contributed by atoms with E-state index in [0.29, 0.717) is 6.04 Å². The van der Waals surface area contributed by atoms with Gasteiger partial charge in [-0.2, -0.15) is 0 Å². The summed E-state index contributed by atoms with van der Waals surface area (Å²) in [7, 11) is 3.72. The molecule has 1 aromatic carbocycles. The standard InChI is InChI=1S/C15H20BrNO/c1-17-15(11-6-4-3-5-7-11)12-8-9-14(18-2)13(16)10-12/h6,8-10,15,17H,3-5,7H2,1-2H3. The molecular formula is C15H20BrNO. The lowest BCUT2D eigenvalue weighted by atomic mass is 9.90. The Balaban J connectivity index is 2.27. The van der Waals surface area contributed by atoms with Gasteiger partial charge in [-0.1, -0.05) is 17.7 Å². The minimum Gasteiger partial charge on any atom is -0.496 e. The van der Waals surface area contributed by atoms with Crippen molar-refractivity contribution in [1.82, 2.24) is 5.32 Å². The van der Waals surface area contributed by atoms with Gasteiger partial charge in [-0.05, 0) is 66.4 Å².